The Morgan fingerprint density at radius 2 is 1.91 bits per heavy atom. The zero-order chi connectivity index (χ0) is 16.7. The number of nitrogens with one attached hydrogen (secondary N) is 1. The molecule has 2 saturated heterocycles. The number of hydrogen-bond donors (Lipinski definition) is 1. The second kappa shape index (κ2) is 8.32. The van der Waals surface area contributed by atoms with Crippen LogP contribution in [0.1, 0.15) is 40.0 Å². The maximum Gasteiger partial charge on any atom is 0.254 e. The molecule has 0 saturated carbocycles. The smallest absolute Gasteiger partial charge is 0.254 e. The van der Waals surface area contributed by atoms with Crippen LogP contribution < -0.4 is 5.32 Å². The van der Waals surface area contributed by atoms with Gasteiger partial charge in [-0.05, 0) is 31.4 Å². The summed E-state index contributed by atoms with van der Waals surface area (Å²) in [6.45, 7) is 10.0. The van der Waals surface area contributed by atoms with Crippen molar-refractivity contribution in [3.63, 3.8) is 0 Å². The molecule has 5 heteroatoms. The van der Waals surface area contributed by atoms with Crippen LogP contribution in [0.4, 0.5) is 0 Å². The molecule has 120 valence electrons. The van der Waals surface area contributed by atoms with Crippen LogP contribution in [0.5, 0.6) is 0 Å². The molecule has 1 atom stereocenters. The lowest BCUT2D eigenvalue weighted by molar-refractivity contribution is -0.144. The van der Waals surface area contributed by atoms with Gasteiger partial charge < -0.3 is 4.90 Å². The fourth-order valence-corrected chi connectivity index (χ4v) is 2.64. The molecule has 0 radical (unpaired) electrons. The van der Waals surface area contributed by atoms with Gasteiger partial charge in [-0.3, -0.25) is 19.7 Å². The van der Waals surface area contributed by atoms with Crippen LogP contribution in [0.15, 0.2) is 36.0 Å². The highest BCUT2D eigenvalue weighted by molar-refractivity contribution is 6.05. The van der Waals surface area contributed by atoms with E-state index in [9.17, 15) is 14.4 Å². The summed E-state index contributed by atoms with van der Waals surface area (Å²) >= 11 is 0. The minimum absolute atomic E-state index is 0.168. The van der Waals surface area contributed by atoms with E-state index in [1.807, 2.05) is 26.8 Å². The highest BCUT2D eigenvalue weighted by Crippen LogP contribution is 2.27. The number of piperidine rings is 2. The molecule has 0 aromatic carbocycles. The van der Waals surface area contributed by atoms with Gasteiger partial charge in [0.25, 0.3) is 5.91 Å². The Bertz CT molecular complexity index is 532. The summed E-state index contributed by atoms with van der Waals surface area (Å²) in [5, 5.41) is 2.29. The van der Waals surface area contributed by atoms with Gasteiger partial charge in [-0.1, -0.05) is 32.6 Å². The number of allylic oxidation sites excluding steroid dienone is 3. The van der Waals surface area contributed by atoms with Crippen LogP contribution in [0.25, 0.3) is 0 Å². The highest BCUT2D eigenvalue weighted by atomic mass is 16.2. The van der Waals surface area contributed by atoms with Gasteiger partial charge in [0.2, 0.25) is 11.8 Å². The Kier molecular flexibility index (Phi) is 6.76. The standard InChI is InChI=1S/C15H18N2O3.C2H6/c1-3-5-11-10(4-2)8-9-17(15(11)20)12-6-7-13(18)16-14(12)19;1-2/h3-5,12H,1,6-9H2,2H3,(H,16,18,19);1-2H3/b10-4-,11-5+;. The van der Waals surface area contributed by atoms with Crippen LogP contribution in [-0.2, 0) is 14.4 Å². The number of hydrogen-bond acceptors (Lipinski definition) is 3. The lowest BCUT2D eigenvalue weighted by Gasteiger charge is -2.37. The van der Waals surface area contributed by atoms with Crippen molar-refractivity contribution in [2.75, 3.05) is 6.54 Å². The average molecular weight is 304 g/mol. The molecule has 2 rings (SSSR count). The molecule has 2 heterocycles. The number of carbonyl (C=O) groups excluding carboxylic acids is 3. The number of likely N-dealkylation sites (tertiary alicyclic amines) is 1. The van der Waals surface area contributed by atoms with Gasteiger partial charge in [0, 0.05) is 18.5 Å². The fraction of sp³-hybridized carbons (Fsp3) is 0.471. The lowest BCUT2D eigenvalue weighted by Crippen LogP contribution is -2.56. The fourth-order valence-electron chi connectivity index (χ4n) is 2.64. The summed E-state index contributed by atoms with van der Waals surface area (Å²) in [4.78, 5) is 37.1. The molecule has 2 aliphatic rings. The summed E-state index contributed by atoms with van der Waals surface area (Å²) in [5.74, 6) is -0.818. The number of imide groups is 1. The molecule has 1 N–H and O–H groups in total. The van der Waals surface area contributed by atoms with Crippen molar-refractivity contribution in [2.45, 2.75) is 46.1 Å². The van der Waals surface area contributed by atoms with Crippen molar-refractivity contribution in [1.29, 1.82) is 0 Å². The zero-order valence-corrected chi connectivity index (χ0v) is 13.5. The third-order valence-corrected chi connectivity index (χ3v) is 3.68. The maximum absolute atomic E-state index is 12.5. The number of amides is 3. The van der Waals surface area contributed by atoms with E-state index in [2.05, 4.69) is 11.9 Å². The predicted octanol–water partition coefficient (Wildman–Crippen LogP) is 2.11. The first-order chi connectivity index (χ1) is 10.6. The van der Waals surface area contributed by atoms with Gasteiger partial charge >= 0.3 is 0 Å². The van der Waals surface area contributed by atoms with Crippen molar-refractivity contribution in [2.24, 2.45) is 0 Å². The van der Waals surface area contributed by atoms with Crippen LogP contribution in [0.2, 0.25) is 0 Å². The third kappa shape index (κ3) is 3.72. The number of carbonyl (C=O) groups is 3. The first-order valence-corrected chi connectivity index (χ1v) is 7.71. The molecular weight excluding hydrogens is 280 g/mol. The minimum Gasteiger partial charge on any atom is -0.326 e. The summed E-state index contributed by atoms with van der Waals surface area (Å²) in [5.41, 5.74) is 1.55. The van der Waals surface area contributed by atoms with Gasteiger partial charge in [-0.15, -0.1) is 0 Å². The van der Waals surface area contributed by atoms with Crippen molar-refractivity contribution >= 4 is 17.7 Å². The normalized spacial score (nSPS) is 25.7. The van der Waals surface area contributed by atoms with Crippen molar-refractivity contribution in [3.05, 3.63) is 36.0 Å². The third-order valence-electron chi connectivity index (χ3n) is 3.68. The monoisotopic (exact) mass is 304 g/mol. The molecule has 2 aliphatic heterocycles. The number of rotatable bonds is 2. The number of nitrogens with zero attached hydrogens (tertiary/aromatic N) is 1. The Labute approximate surface area is 131 Å². The Hall–Kier alpha value is -2.17. The molecular formula is C17H24N2O3. The van der Waals surface area contributed by atoms with Crippen LogP contribution in [0, 0.1) is 0 Å². The van der Waals surface area contributed by atoms with E-state index in [0.717, 1.165) is 5.57 Å². The van der Waals surface area contributed by atoms with Gasteiger partial charge in [-0.2, -0.15) is 0 Å². The Morgan fingerprint density at radius 3 is 2.45 bits per heavy atom. The van der Waals surface area contributed by atoms with E-state index in [1.165, 1.54) is 0 Å². The van der Waals surface area contributed by atoms with Gasteiger partial charge in [0.15, 0.2) is 0 Å². The molecule has 2 fully saturated rings. The zero-order valence-electron chi connectivity index (χ0n) is 13.5. The molecule has 0 aromatic heterocycles. The summed E-state index contributed by atoms with van der Waals surface area (Å²) in [7, 11) is 0. The lowest BCUT2D eigenvalue weighted by atomic mass is 9.93. The van der Waals surface area contributed by atoms with E-state index in [4.69, 9.17) is 0 Å². The SMILES string of the molecule is C=C/C=C1/C(=O)N(C2CCC(=O)NC2=O)CC/C1=C/C.CC. The quantitative estimate of drug-likeness (QED) is 0.627. The van der Waals surface area contributed by atoms with Gasteiger partial charge in [0.05, 0.1) is 0 Å². The second-order valence-corrected chi connectivity index (χ2v) is 4.85. The maximum atomic E-state index is 12.5. The van der Waals surface area contributed by atoms with Crippen molar-refractivity contribution in [1.82, 2.24) is 10.2 Å². The first-order valence-electron chi connectivity index (χ1n) is 7.71. The van der Waals surface area contributed by atoms with Crippen LogP contribution in [0.3, 0.4) is 0 Å². The molecule has 0 aromatic rings. The molecule has 22 heavy (non-hydrogen) atoms. The van der Waals surface area contributed by atoms with Crippen molar-refractivity contribution in [3.8, 4) is 0 Å². The average Bonchev–Trinajstić information content (AvgIpc) is 2.52. The van der Waals surface area contributed by atoms with E-state index in [1.54, 1.807) is 17.1 Å². The van der Waals surface area contributed by atoms with Crippen LogP contribution in [-0.4, -0.2) is 35.2 Å². The van der Waals surface area contributed by atoms with E-state index >= 15 is 0 Å². The Balaban J connectivity index is 0.00000116. The summed E-state index contributed by atoms with van der Waals surface area (Å²) in [6.07, 6.45) is 6.54. The predicted molar refractivity (Wildman–Crippen MR) is 85.9 cm³/mol. The Morgan fingerprint density at radius 1 is 1.23 bits per heavy atom. The second-order valence-electron chi connectivity index (χ2n) is 4.85. The highest BCUT2D eigenvalue weighted by Gasteiger charge is 2.37. The minimum atomic E-state index is -0.549. The molecule has 0 bridgehead atoms. The first kappa shape index (κ1) is 17.9. The largest absolute Gasteiger partial charge is 0.326 e. The van der Waals surface area contributed by atoms with E-state index < -0.39 is 6.04 Å². The molecule has 5 nitrogen and oxygen atoms in total. The van der Waals surface area contributed by atoms with Crippen molar-refractivity contribution < 1.29 is 14.4 Å². The van der Waals surface area contributed by atoms with Gasteiger partial charge in [-0.25, -0.2) is 0 Å². The molecule has 0 aliphatic carbocycles. The topological polar surface area (TPSA) is 66.5 Å². The van der Waals surface area contributed by atoms with Gasteiger partial charge in [0.1, 0.15) is 6.04 Å². The van der Waals surface area contributed by atoms with E-state index in [0.29, 0.717) is 25.0 Å². The molecule has 3 amide bonds. The summed E-state index contributed by atoms with van der Waals surface area (Å²) < 4.78 is 0. The van der Waals surface area contributed by atoms with Crippen LogP contribution >= 0.6 is 0 Å². The summed E-state index contributed by atoms with van der Waals surface area (Å²) in [6, 6.07) is -0.549. The molecule has 0 spiro atoms. The molecule has 1 unspecified atom stereocenters. The van der Waals surface area contributed by atoms with E-state index in [-0.39, 0.29) is 24.1 Å².